The highest BCUT2D eigenvalue weighted by molar-refractivity contribution is 14.1. The van der Waals surface area contributed by atoms with Crippen LogP contribution < -0.4 is 5.32 Å². The number of rotatable bonds is 4. The lowest BCUT2D eigenvalue weighted by Gasteiger charge is -2.13. The molecule has 2 aromatic rings. The first-order chi connectivity index (χ1) is 12.3. The minimum atomic E-state index is -0.512. The largest absolute Gasteiger partial charge is 0.450 e. The van der Waals surface area contributed by atoms with Gasteiger partial charge in [0.25, 0.3) is 11.1 Å². The molecule has 0 radical (unpaired) electrons. The summed E-state index contributed by atoms with van der Waals surface area (Å²) in [4.78, 5) is 37.9. The van der Waals surface area contributed by atoms with Crippen LogP contribution in [0.4, 0.5) is 10.5 Å². The third-order valence-corrected chi connectivity index (χ3v) is 6.57. The average Bonchev–Trinajstić information content (AvgIpc) is 3.03. The second kappa shape index (κ2) is 7.97. The van der Waals surface area contributed by atoms with Crippen molar-refractivity contribution in [1.29, 1.82) is 0 Å². The molecule has 1 N–H and O–H groups in total. The van der Waals surface area contributed by atoms with Crippen molar-refractivity contribution in [3.05, 3.63) is 54.8 Å². The Labute approximate surface area is 175 Å². The minimum absolute atomic E-state index is 0.219. The van der Waals surface area contributed by atoms with Crippen LogP contribution in [0.1, 0.15) is 11.3 Å². The lowest BCUT2D eigenvalue weighted by molar-refractivity contribution is -0.127. The van der Waals surface area contributed by atoms with Gasteiger partial charge in [-0.05, 0) is 52.3 Å². The van der Waals surface area contributed by atoms with Gasteiger partial charge in [-0.15, -0.1) is 0 Å². The number of amides is 3. The van der Waals surface area contributed by atoms with Crippen LogP contribution in [0.15, 0.2) is 44.1 Å². The highest BCUT2D eigenvalue weighted by atomic mass is 127. The van der Waals surface area contributed by atoms with Crippen molar-refractivity contribution >= 4 is 79.1 Å². The third-order valence-electron chi connectivity index (χ3n) is 3.53. The summed E-state index contributed by atoms with van der Waals surface area (Å²) < 4.78 is 6.87. The van der Waals surface area contributed by atoms with E-state index in [1.165, 1.54) is 6.08 Å². The molecule has 3 rings (SSSR count). The molecule has 0 aliphatic carbocycles. The number of para-hydroxylation sites is 1. The van der Waals surface area contributed by atoms with Crippen molar-refractivity contribution < 1.29 is 18.8 Å². The first-order valence-electron chi connectivity index (χ1n) is 7.41. The van der Waals surface area contributed by atoms with Gasteiger partial charge in [-0.3, -0.25) is 19.3 Å². The zero-order valence-corrected chi connectivity index (χ0v) is 18.0. The minimum Gasteiger partial charge on any atom is -0.450 e. The molecule has 0 saturated carbocycles. The second-order valence-electron chi connectivity index (χ2n) is 5.40. The summed E-state index contributed by atoms with van der Waals surface area (Å²) in [5.74, 6) is -0.489. The molecule has 134 valence electrons. The maximum Gasteiger partial charge on any atom is 0.294 e. The number of nitrogens with one attached hydrogen (secondary N) is 1. The molecular weight excluding hydrogens is 535 g/mol. The van der Waals surface area contributed by atoms with Gasteiger partial charge in [0.15, 0.2) is 3.77 Å². The van der Waals surface area contributed by atoms with Crippen LogP contribution in [0.25, 0.3) is 6.08 Å². The van der Waals surface area contributed by atoms with Crippen LogP contribution in [0.2, 0.25) is 0 Å². The number of hydrogen-bond acceptors (Lipinski definition) is 5. The lowest BCUT2D eigenvalue weighted by Crippen LogP contribution is -2.36. The average molecular weight is 547 g/mol. The van der Waals surface area contributed by atoms with E-state index in [-0.39, 0.29) is 11.4 Å². The Morgan fingerprint density at radius 3 is 2.77 bits per heavy atom. The molecule has 1 saturated heterocycles. The zero-order chi connectivity index (χ0) is 18.8. The van der Waals surface area contributed by atoms with E-state index in [1.54, 1.807) is 18.2 Å². The van der Waals surface area contributed by atoms with Crippen LogP contribution >= 0.6 is 50.3 Å². The molecule has 1 fully saturated rings. The van der Waals surface area contributed by atoms with Gasteiger partial charge in [0.1, 0.15) is 12.3 Å². The first-order valence-corrected chi connectivity index (χ1v) is 10.1. The number of benzene rings is 1. The van der Waals surface area contributed by atoms with Gasteiger partial charge in [-0.2, -0.15) is 0 Å². The zero-order valence-electron chi connectivity index (χ0n) is 13.4. The van der Waals surface area contributed by atoms with E-state index >= 15 is 0 Å². The monoisotopic (exact) mass is 546 g/mol. The lowest BCUT2D eigenvalue weighted by atomic mass is 10.2. The number of halogens is 2. The molecule has 0 spiro atoms. The summed E-state index contributed by atoms with van der Waals surface area (Å²) in [6.45, 7) is 1.52. The fraction of sp³-hybridized carbons (Fsp3) is 0.118. The molecule has 6 nitrogen and oxygen atoms in total. The molecule has 0 unspecified atom stereocenters. The van der Waals surface area contributed by atoms with Crippen molar-refractivity contribution in [2.24, 2.45) is 0 Å². The van der Waals surface area contributed by atoms with Crippen LogP contribution in [0.3, 0.4) is 0 Å². The maximum absolute atomic E-state index is 12.4. The predicted molar refractivity (Wildman–Crippen MR) is 112 cm³/mol. The van der Waals surface area contributed by atoms with E-state index in [0.29, 0.717) is 15.2 Å². The van der Waals surface area contributed by atoms with Gasteiger partial charge >= 0.3 is 0 Å². The van der Waals surface area contributed by atoms with Crippen molar-refractivity contribution in [1.82, 2.24) is 4.90 Å². The van der Waals surface area contributed by atoms with E-state index in [0.717, 1.165) is 26.7 Å². The highest BCUT2D eigenvalue weighted by Crippen LogP contribution is 2.33. The summed E-state index contributed by atoms with van der Waals surface area (Å²) in [5.41, 5.74) is 1.54. The number of imide groups is 1. The Bertz CT molecular complexity index is 921. The summed E-state index contributed by atoms with van der Waals surface area (Å²) in [5, 5.41) is 2.23. The number of furan rings is 1. The molecule has 3 amide bonds. The Hall–Kier alpha value is -1.59. The van der Waals surface area contributed by atoms with Crippen LogP contribution in [-0.2, 0) is 9.59 Å². The number of aryl methyl sites for hydroxylation is 1. The van der Waals surface area contributed by atoms with Crippen molar-refractivity contribution in [2.45, 2.75) is 6.92 Å². The SMILES string of the molecule is Cc1ccccc1NC(=O)CN1C(=O)S/C(=C\c2cc(Br)c(I)o2)C1=O. The van der Waals surface area contributed by atoms with Crippen molar-refractivity contribution in [3.8, 4) is 0 Å². The fourth-order valence-corrected chi connectivity index (χ4v) is 3.78. The van der Waals surface area contributed by atoms with E-state index in [4.69, 9.17) is 4.42 Å². The van der Waals surface area contributed by atoms with E-state index in [9.17, 15) is 14.4 Å². The molecule has 2 heterocycles. The summed E-state index contributed by atoms with van der Waals surface area (Å²) in [6, 6.07) is 8.99. The van der Waals surface area contributed by atoms with Gasteiger partial charge in [0.05, 0.1) is 9.38 Å². The van der Waals surface area contributed by atoms with Crippen molar-refractivity contribution in [3.63, 3.8) is 0 Å². The standard InChI is InChI=1S/C17H12BrIN2O4S/c1-9-4-2-3-5-12(9)20-14(22)8-21-16(23)13(26-17(21)24)7-10-6-11(18)15(19)25-10/h2-7H,8H2,1H3,(H,20,22)/b13-7-. The van der Waals surface area contributed by atoms with Gasteiger partial charge in [-0.1, -0.05) is 18.2 Å². The predicted octanol–water partition coefficient (Wildman–Crippen LogP) is 4.63. The quantitative estimate of drug-likeness (QED) is 0.447. The summed E-state index contributed by atoms with van der Waals surface area (Å²) >= 11 is 6.12. The van der Waals surface area contributed by atoms with Crippen LogP contribution in [-0.4, -0.2) is 28.5 Å². The number of thioether (sulfide) groups is 1. The summed E-state index contributed by atoms with van der Waals surface area (Å²) in [7, 11) is 0. The number of carbonyl (C=O) groups excluding carboxylic acids is 3. The third kappa shape index (κ3) is 4.21. The van der Waals surface area contributed by atoms with Gasteiger partial charge in [0, 0.05) is 34.4 Å². The molecule has 1 aliphatic rings. The first kappa shape index (κ1) is 19.2. The van der Waals surface area contributed by atoms with Gasteiger partial charge in [0.2, 0.25) is 5.91 Å². The second-order valence-corrected chi connectivity index (χ2v) is 8.23. The molecular formula is C17H12BrIN2O4S. The molecule has 26 heavy (non-hydrogen) atoms. The Kier molecular flexibility index (Phi) is 5.88. The Morgan fingerprint density at radius 2 is 2.12 bits per heavy atom. The highest BCUT2D eigenvalue weighted by Gasteiger charge is 2.36. The van der Waals surface area contributed by atoms with Gasteiger partial charge in [-0.25, -0.2) is 0 Å². The van der Waals surface area contributed by atoms with Crippen LogP contribution in [0.5, 0.6) is 0 Å². The Balaban J connectivity index is 1.71. The van der Waals surface area contributed by atoms with E-state index in [2.05, 4.69) is 21.2 Å². The maximum atomic E-state index is 12.4. The van der Waals surface area contributed by atoms with E-state index < -0.39 is 17.1 Å². The summed E-state index contributed by atoms with van der Waals surface area (Å²) in [6.07, 6.45) is 1.50. The number of hydrogen-bond donors (Lipinski definition) is 1. The molecule has 9 heteroatoms. The van der Waals surface area contributed by atoms with Crippen LogP contribution in [0, 0.1) is 10.7 Å². The molecule has 1 aromatic carbocycles. The number of carbonyl (C=O) groups is 3. The van der Waals surface area contributed by atoms with Gasteiger partial charge < -0.3 is 9.73 Å². The van der Waals surface area contributed by atoms with E-state index in [1.807, 2.05) is 41.6 Å². The number of nitrogens with zero attached hydrogens (tertiary/aromatic N) is 1. The molecule has 0 bridgehead atoms. The molecule has 1 aromatic heterocycles. The molecule has 1 aliphatic heterocycles. The molecule has 0 atom stereocenters. The number of anilines is 1. The smallest absolute Gasteiger partial charge is 0.294 e. The fourth-order valence-electron chi connectivity index (χ4n) is 2.25. The normalized spacial score (nSPS) is 15.8. The Morgan fingerprint density at radius 1 is 1.38 bits per heavy atom. The van der Waals surface area contributed by atoms with Crippen molar-refractivity contribution in [2.75, 3.05) is 11.9 Å². The topological polar surface area (TPSA) is 79.6 Å².